The third kappa shape index (κ3) is 3.08. The number of benzene rings is 1. The lowest BCUT2D eigenvalue weighted by Gasteiger charge is -2.18. The van der Waals surface area contributed by atoms with Gasteiger partial charge < -0.3 is 19.3 Å². The molecule has 1 saturated heterocycles. The fourth-order valence-corrected chi connectivity index (χ4v) is 2.99. The Morgan fingerprint density at radius 1 is 1.24 bits per heavy atom. The van der Waals surface area contributed by atoms with Crippen LogP contribution in [-0.2, 0) is 11.8 Å². The number of rotatable bonds is 5. The first-order valence-corrected chi connectivity index (χ1v) is 8.09. The molecule has 1 aliphatic rings. The van der Waals surface area contributed by atoms with Gasteiger partial charge in [-0.3, -0.25) is 4.68 Å². The normalized spacial score (nSPS) is 19.9. The Labute approximate surface area is 144 Å². The maximum absolute atomic E-state index is 5.85. The fraction of sp³-hybridized carbons (Fsp3) is 0.353. The number of aryl methyl sites for hydroxylation is 1. The van der Waals surface area contributed by atoms with Crippen molar-refractivity contribution >= 4 is 6.01 Å². The summed E-state index contributed by atoms with van der Waals surface area (Å²) in [5, 5.41) is 11.5. The third-order valence-corrected chi connectivity index (χ3v) is 4.33. The lowest BCUT2D eigenvalue weighted by atomic mass is 10.1. The van der Waals surface area contributed by atoms with Crippen molar-refractivity contribution in [2.45, 2.75) is 18.6 Å². The van der Waals surface area contributed by atoms with Crippen LogP contribution < -0.4 is 10.1 Å². The maximum atomic E-state index is 5.85. The van der Waals surface area contributed by atoms with Gasteiger partial charge in [-0.25, -0.2) is 0 Å². The van der Waals surface area contributed by atoms with Crippen molar-refractivity contribution in [1.29, 1.82) is 0 Å². The van der Waals surface area contributed by atoms with Crippen LogP contribution in [0.5, 0.6) is 5.75 Å². The van der Waals surface area contributed by atoms with Crippen molar-refractivity contribution in [2.24, 2.45) is 7.05 Å². The second kappa shape index (κ2) is 6.56. The molecule has 1 fully saturated rings. The first-order chi connectivity index (χ1) is 12.2. The molecule has 0 unspecified atom stereocenters. The van der Waals surface area contributed by atoms with Crippen LogP contribution in [0.25, 0.3) is 11.4 Å². The summed E-state index contributed by atoms with van der Waals surface area (Å²) in [7, 11) is 3.54. The van der Waals surface area contributed by atoms with Crippen molar-refractivity contribution in [1.82, 2.24) is 19.9 Å². The quantitative estimate of drug-likeness (QED) is 0.762. The van der Waals surface area contributed by atoms with E-state index in [2.05, 4.69) is 20.6 Å². The van der Waals surface area contributed by atoms with Gasteiger partial charge >= 0.3 is 6.01 Å². The van der Waals surface area contributed by atoms with E-state index in [1.807, 2.05) is 42.1 Å². The van der Waals surface area contributed by atoms with Crippen LogP contribution in [0.15, 0.2) is 41.1 Å². The Balaban J connectivity index is 1.49. The van der Waals surface area contributed by atoms with Crippen molar-refractivity contribution < 1.29 is 14.0 Å². The van der Waals surface area contributed by atoms with Gasteiger partial charge in [0.1, 0.15) is 11.9 Å². The van der Waals surface area contributed by atoms with Crippen LogP contribution in [0.1, 0.15) is 18.2 Å². The van der Waals surface area contributed by atoms with Gasteiger partial charge in [-0.05, 0) is 36.8 Å². The molecule has 8 heteroatoms. The number of hydrogen-bond acceptors (Lipinski definition) is 7. The molecule has 2 aromatic heterocycles. The Hall–Kier alpha value is -2.87. The van der Waals surface area contributed by atoms with Gasteiger partial charge in [-0.15, -0.1) is 0 Å². The molecule has 3 heterocycles. The topological polar surface area (TPSA) is 87.2 Å². The Kier molecular flexibility index (Phi) is 4.10. The van der Waals surface area contributed by atoms with Gasteiger partial charge in [0.15, 0.2) is 0 Å². The number of anilines is 1. The Morgan fingerprint density at radius 3 is 2.80 bits per heavy atom. The van der Waals surface area contributed by atoms with Gasteiger partial charge in [-0.2, -0.15) is 10.1 Å². The predicted octanol–water partition coefficient (Wildman–Crippen LogP) is 2.42. The molecule has 0 radical (unpaired) electrons. The van der Waals surface area contributed by atoms with Crippen LogP contribution in [0.4, 0.5) is 6.01 Å². The first kappa shape index (κ1) is 15.6. The minimum atomic E-state index is -0.0937. The molecule has 1 aromatic carbocycles. The van der Waals surface area contributed by atoms with Gasteiger partial charge in [0, 0.05) is 25.4 Å². The summed E-state index contributed by atoms with van der Waals surface area (Å²) in [6, 6.07) is 9.91. The summed E-state index contributed by atoms with van der Waals surface area (Å²) in [5.74, 6) is 1.31. The summed E-state index contributed by atoms with van der Waals surface area (Å²) >= 11 is 0. The summed E-state index contributed by atoms with van der Waals surface area (Å²) < 4.78 is 18.2. The molecule has 1 aliphatic heterocycles. The highest BCUT2D eigenvalue weighted by Crippen LogP contribution is 2.31. The van der Waals surface area contributed by atoms with E-state index < -0.39 is 0 Å². The van der Waals surface area contributed by atoms with Gasteiger partial charge in [-0.1, -0.05) is 5.16 Å². The van der Waals surface area contributed by atoms with Gasteiger partial charge in [0.05, 0.1) is 18.8 Å². The number of nitrogens with zero attached hydrogens (tertiary/aromatic N) is 4. The molecule has 4 rings (SSSR count). The molecule has 0 spiro atoms. The monoisotopic (exact) mass is 341 g/mol. The highest BCUT2D eigenvalue weighted by Gasteiger charge is 2.32. The second-order valence-electron chi connectivity index (χ2n) is 5.86. The highest BCUT2D eigenvalue weighted by atomic mass is 16.5. The summed E-state index contributed by atoms with van der Waals surface area (Å²) in [6.45, 7) is 0.674. The number of hydrogen-bond donors (Lipinski definition) is 1. The minimum absolute atomic E-state index is 0.0552. The molecule has 2 atom stereocenters. The molecular weight excluding hydrogens is 322 g/mol. The zero-order chi connectivity index (χ0) is 17.2. The molecule has 8 nitrogen and oxygen atoms in total. The maximum Gasteiger partial charge on any atom is 0.322 e. The molecule has 0 bridgehead atoms. The average molecular weight is 341 g/mol. The van der Waals surface area contributed by atoms with Gasteiger partial charge in [0.2, 0.25) is 5.82 Å². The average Bonchev–Trinajstić information content (AvgIpc) is 3.37. The van der Waals surface area contributed by atoms with E-state index in [1.165, 1.54) is 0 Å². The highest BCUT2D eigenvalue weighted by molar-refractivity contribution is 5.56. The molecule has 1 N–H and O–H groups in total. The lowest BCUT2D eigenvalue weighted by Crippen LogP contribution is -2.25. The molecule has 0 saturated carbocycles. The third-order valence-electron chi connectivity index (χ3n) is 4.33. The van der Waals surface area contributed by atoms with Gasteiger partial charge in [0.25, 0.3) is 0 Å². The number of nitrogens with one attached hydrogen (secondary N) is 1. The molecular formula is C17H19N5O3. The zero-order valence-electron chi connectivity index (χ0n) is 14.0. The minimum Gasteiger partial charge on any atom is -0.497 e. The smallest absolute Gasteiger partial charge is 0.322 e. The number of ether oxygens (including phenoxy) is 2. The van der Waals surface area contributed by atoms with E-state index >= 15 is 0 Å². The second-order valence-corrected chi connectivity index (χ2v) is 5.86. The van der Waals surface area contributed by atoms with E-state index in [0.717, 1.165) is 23.4 Å². The fourth-order valence-electron chi connectivity index (χ4n) is 2.99. The predicted molar refractivity (Wildman–Crippen MR) is 90.2 cm³/mol. The van der Waals surface area contributed by atoms with E-state index in [1.54, 1.807) is 13.3 Å². The molecule has 130 valence electrons. The number of methoxy groups -OCH3 is 1. The van der Waals surface area contributed by atoms with Crippen LogP contribution in [0.3, 0.4) is 0 Å². The van der Waals surface area contributed by atoms with Crippen LogP contribution in [0, 0.1) is 0 Å². The van der Waals surface area contributed by atoms with E-state index in [4.69, 9.17) is 14.0 Å². The van der Waals surface area contributed by atoms with Crippen molar-refractivity contribution in [2.75, 3.05) is 19.0 Å². The summed E-state index contributed by atoms with van der Waals surface area (Å²) in [4.78, 5) is 4.43. The lowest BCUT2D eigenvalue weighted by molar-refractivity contribution is 0.100. The summed E-state index contributed by atoms with van der Waals surface area (Å²) in [6.07, 6.45) is 2.53. The van der Waals surface area contributed by atoms with Crippen LogP contribution in [0.2, 0.25) is 0 Å². The SMILES string of the molecule is COc1ccc(-c2noc(N[C@H]3CCO[C@@H]3c3ccnn3C)n2)cc1. The molecule has 0 amide bonds. The van der Waals surface area contributed by atoms with E-state index in [-0.39, 0.29) is 12.1 Å². The molecule has 25 heavy (non-hydrogen) atoms. The molecule has 3 aromatic rings. The largest absolute Gasteiger partial charge is 0.497 e. The summed E-state index contributed by atoms with van der Waals surface area (Å²) in [5.41, 5.74) is 1.88. The zero-order valence-corrected chi connectivity index (χ0v) is 14.0. The molecule has 0 aliphatic carbocycles. The van der Waals surface area contributed by atoms with Crippen molar-refractivity contribution in [3.63, 3.8) is 0 Å². The van der Waals surface area contributed by atoms with Crippen molar-refractivity contribution in [3.05, 3.63) is 42.2 Å². The van der Waals surface area contributed by atoms with E-state index in [9.17, 15) is 0 Å². The Morgan fingerprint density at radius 2 is 2.08 bits per heavy atom. The van der Waals surface area contributed by atoms with Crippen molar-refractivity contribution in [3.8, 4) is 17.1 Å². The van der Waals surface area contributed by atoms with E-state index in [0.29, 0.717) is 18.4 Å². The van der Waals surface area contributed by atoms with Crippen LogP contribution >= 0.6 is 0 Å². The van der Waals surface area contributed by atoms with Crippen LogP contribution in [-0.4, -0.2) is 39.7 Å². The first-order valence-electron chi connectivity index (χ1n) is 8.09. The number of aromatic nitrogens is 4. The Bertz CT molecular complexity index is 842. The standard InChI is InChI=1S/C17H19N5O3/c1-22-14(7-9-18-22)15-13(8-10-24-15)19-17-20-16(21-25-17)11-3-5-12(23-2)6-4-11/h3-7,9,13,15H,8,10H2,1-2H3,(H,19,20,21)/t13-,15-/m0/s1.